The van der Waals surface area contributed by atoms with Crippen LogP contribution >= 0.6 is 11.8 Å². The summed E-state index contributed by atoms with van der Waals surface area (Å²) < 4.78 is 0. The minimum atomic E-state index is 0.104. The Morgan fingerprint density at radius 1 is 0.944 bits per heavy atom. The lowest BCUT2D eigenvalue weighted by Crippen LogP contribution is -2.07. The number of hydrogen-bond acceptors (Lipinski definition) is 1. The Morgan fingerprint density at radius 2 is 1.50 bits per heavy atom. The minimum absolute atomic E-state index is 0.104. The Kier molecular flexibility index (Phi) is 3.48. The number of rotatable bonds is 2. The molecule has 0 aromatic heterocycles. The molecule has 2 heteroatoms. The highest BCUT2D eigenvalue weighted by Gasteiger charge is 2.33. The van der Waals surface area contributed by atoms with Crippen molar-refractivity contribution in [1.29, 1.82) is 0 Å². The van der Waals surface area contributed by atoms with Gasteiger partial charge in [-0.2, -0.15) is 0 Å². The minimum Gasteiger partial charge on any atom is -0.0795 e. The van der Waals surface area contributed by atoms with E-state index in [1.165, 1.54) is 19.6 Å². The Balaban J connectivity index is 2.14. The van der Waals surface area contributed by atoms with Crippen LogP contribution in [-0.4, -0.2) is 0 Å². The van der Waals surface area contributed by atoms with Gasteiger partial charge in [-0.1, -0.05) is 43.0 Å². The standard InChI is InChI=1S/C16H15S2/c1-2-3-12-18-15-10-6-4-8-13(15)17-14-9-5-7-11-16(14)18/h3-12H,2H2,1H3/q+1. The van der Waals surface area contributed by atoms with Gasteiger partial charge in [0.2, 0.25) is 0 Å². The second-order valence-electron chi connectivity index (χ2n) is 4.11. The van der Waals surface area contributed by atoms with Gasteiger partial charge in [0.15, 0.2) is 9.79 Å². The van der Waals surface area contributed by atoms with Gasteiger partial charge in [0, 0.05) is 0 Å². The molecule has 0 spiro atoms. The Hall–Kier alpha value is -1.12. The smallest absolute Gasteiger partial charge is 0.0795 e. The van der Waals surface area contributed by atoms with E-state index in [0.29, 0.717) is 0 Å². The van der Waals surface area contributed by atoms with Crippen molar-refractivity contribution in [2.75, 3.05) is 0 Å². The van der Waals surface area contributed by atoms with Crippen LogP contribution in [0.5, 0.6) is 0 Å². The second kappa shape index (κ2) is 5.25. The van der Waals surface area contributed by atoms with Crippen LogP contribution in [0.3, 0.4) is 0 Å². The normalized spacial score (nSPS) is 14.5. The van der Waals surface area contributed by atoms with Gasteiger partial charge >= 0.3 is 0 Å². The predicted molar refractivity (Wildman–Crippen MR) is 80.3 cm³/mol. The van der Waals surface area contributed by atoms with Gasteiger partial charge in [-0.15, -0.1) is 0 Å². The van der Waals surface area contributed by atoms with Gasteiger partial charge in [0.05, 0.1) is 20.7 Å². The third kappa shape index (κ3) is 2.11. The molecule has 0 bridgehead atoms. The van der Waals surface area contributed by atoms with E-state index in [2.05, 4.69) is 66.9 Å². The van der Waals surface area contributed by atoms with Gasteiger partial charge in [-0.25, -0.2) is 0 Å². The van der Waals surface area contributed by atoms with Crippen molar-refractivity contribution in [2.45, 2.75) is 32.9 Å². The molecule has 0 atom stereocenters. The molecule has 1 heterocycles. The third-order valence-electron chi connectivity index (χ3n) is 2.86. The van der Waals surface area contributed by atoms with E-state index >= 15 is 0 Å². The third-order valence-corrected chi connectivity index (χ3v) is 6.39. The number of allylic oxidation sites excluding steroid dienone is 1. The summed E-state index contributed by atoms with van der Waals surface area (Å²) in [5.74, 6) is 0. The van der Waals surface area contributed by atoms with Gasteiger partial charge in [-0.3, -0.25) is 0 Å². The topological polar surface area (TPSA) is 0 Å². The van der Waals surface area contributed by atoms with Crippen LogP contribution in [0.4, 0.5) is 0 Å². The maximum atomic E-state index is 2.37. The van der Waals surface area contributed by atoms with E-state index in [1.807, 2.05) is 11.8 Å². The molecule has 0 amide bonds. The summed E-state index contributed by atoms with van der Waals surface area (Å²) in [7, 11) is 0.104. The lowest BCUT2D eigenvalue weighted by atomic mass is 10.3. The fourth-order valence-corrected chi connectivity index (χ4v) is 5.60. The van der Waals surface area contributed by atoms with Crippen LogP contribution in [0.2, 0.25) is 0 Å². The number of hydrogen-bond donors (Lipinski definition) is 0. The highest BCUT2D eigenvalue weighted by atomic mass is 32.2. The molecule has 18 heavy (non-hydrogen) atoms. The van der Waals surface area contributed by atoms with E-state index in [0.717, 1.165) is 6.42 Å². The molecule has 0 aliphatic carbocycles. The first-order chi connectivity index (χ1) is 8.90. The number of benzene rings is 2. The molecule has 0 nitrogen and oxygen atoms in total. The largest absolute Gasteiger partial charge is 0.179 e. The quantitative estimate of drug-likeness (QED) is 0.684. The Morgan fingerprint density at radius 3 is 2.06 bits per heavy atom. The summed E-state index contributed by atoms with van der Waals surface area (Å²) in [5, 5.41) is 2.37. The molecule has 0 unspecified atom stereocenters. The fraction of sp³-hybridized carbons (Fsp3) is 0.125. The molecule has 90 valence electrons. The predicted octanol–water partition coefficient (Wildman–Crippen LogP) is 5.11. The Bertz CT molecular complexity index is 542. The summed E-state index contributed by atoms with van der Waals surface area (Å²) >= 11 is 1.89. The molecular weight excluding hydrogens is 256 g/mol. The summed E-state index contributed by atoms with van der Waals surface area (Å²) in [6.07, 6.45) is 3.38. The van der Waals surface area contributed by atoms with Gasteiger partial charge in [0.1, 0.15) is 5.41 Å². The van der Waals surface area contributed by atoms with Crippen LogP contribution in [0.1, 0.15) is 13.3 Å². The van der Waals surface area contributed by atoms with Crippen molar-refractivity contribution >= 4 is 22.7 Å². The second-order valence-corrected chi connectivity index (χ2v) is 7.02. The van der Waals surface area contributed by atoms with Gasteiger partial charge in [-0.05, 0) is 36.8 Å². The lowest BCUT2D eigenvalue weighted by molar-refractivity contribution is 1.14. The van der Waals surface area contributed by atoms with Crippen LogP contribution in [-0.2, 0) is 10.9 Å². The van der Waals surface area contributed by atoms with E-state index in [-0.39, 0.29) is 10.9 Å². The first-order valence-electron chi connectivity index (χ1n) is 6.16. The summed E-state index contributed by atoms with van der Waals surface area (Å²) in [4.78, 5) is 5.73. The van der Waals surface area contributed by atoms with Crippen molar-refractivity contribution in [3.05, 3.63) is 60.0 Å². The highest BCUT2D eigenvalue weighted by molar-refractivity contribution is 8.05. The SMILES string of the molecule is CCC=C[S+]1c2ccccc2Sc2ccccc21. The van der Waals surface area contributed by atoms with Crippen molar-refractivity contribution in [1.82, 2.24) is 0 Å². The molecule has 3 rings (SSSR count). The first kappa shape index (κ1) is 11.9. The zero-order valence-electron chi connectivity index (χ0n) is 10.3. The maximum Gasteiger partial charge on any atom is 0.179 e. The first-order valence-corrected chi connectivity index (χ1v) is 8.26. The molecule has 1 aliphatic heterocycles. The maximum absolute atomic E-state index is 2.37. The van der Waals surface area contributed by atoms with Crippen LogP contribution in [0.25, 0.3) is 0 Å². The van der Waals surface area contributed by atoms with Crippen LogP contribution in [0, 0.1) is 0 Å². The summed E-state index contributed by atoms with van der Waals surface area (Å²) in [5.41, 5.74) is 0. The average molecular weight is 271 g/mol. The van der Waals surface area contributed by atoms with Crippen LogP contribution < -0.4 is 0 Å². The molecule has 0 fully saturated rings. The van der Waals surface area contributed by atoms with Crippen molar-refractivity contribution in [2.24, 2.45) is 0 Å². The summed E-state index contributed by atoms with van der Waals surface area (Å²) in [6.45, 7) is 2.19. The molecular formula is C16H15S2+. The van der Waals surface area contributed by atoms with Crippen molar-refractivity contribution < 1.29 is 0 Å². The summed E-state index contributed by atoms with van der Waals surface area (Å²) in [6, 6.07) is 17.5. The van der Waals surface area contributed by atoms with Crippen molar-refractivity contribution in [3.8, 4) is 0 Å². The highest BCUT2D eigenvalue weighted by Crippen LogP contribution is 2.45. The molecule has 1 aliphatic rings. The van der Waals surface area contributed by atoms with E-state index in [9.17, 15) is 0 Å². The molecule has 0 radical (unpaired) electrons. The van der Waals surface area contributed by atoms with Crippen molar-refractivity contribution in [3.63, 3.8) is 0 Å². The number of fused-ring (bicyclic) bond motifs is 2. The fourth-order valence-electron chi connectivity index (χ4n) is 2.01. The average Bonchev–Trinajstić information content (AvgIpc) is 2.43. The van der Waals surface area contributed by atoms with Gasteiger partial charge < -0.3 is 0 Å². The van der Waals surface area contributed by atoms with E-state index < -0.39 is 0 Å². The lowest BCUT2D eigenvalue weighted by Gasteiger charge is -2.16. The van der Waals surface area contributed by atoms with E-state index in [1.54, 1.807) is 0 Å². The monoisotopic (exact) mass is 271 g/mol. The van der Waals surface area contributed by atoms with E-state index in [4.69, 9.17) is 0 Å². The molecule has 0 saturated heterocycles. The molecule has 2 aromatic rings. The zero-order chi connectivity index (χ0) is 12.4. The van der Waals surface area contributed by atoms with Gasteiger partial charge in [0.25, 0.3) is 0 Å². The van der Waals surface area contributed by atoms with Crippen LogP contribution in [0.15, 0.2) is 79.6 Å². The molecule has 0 N–H and O–H groups in total. The molecule has 0 saturated carbocycles. The Labute approximate surface area is 115 Å². The zero-order valence-corrected chi connectivity index (χ0v) is 11.9. The molecule has 2 aromatic carbocycles.